The SMILES string of the molecule is Cc1nn(Cc2ccc(C(C)C)cn2)c2cccc(NC(=O)C3CN=C4C=C(OCCN5CCN(C)[C@@H](C)C5)C=CN43)c12. The van der Waals surface area contributed by atoms with E-state index in [-0.39, 0.29) is 5.91 Å². The Kier molecular flexibility index (Phi) is 8.32. The maximum absolute atomic E-state index is 13.5. The van der Waals surface area contributed by atoms with E-state index in [9.17, 15) is 4.79 Å². The smallest absolute Gasteiger partial charge is 0.249 e. The minimum atomic E-state index is -0.426. The molecule has 43 heavy (non-hydrogen) atoms. The summed E-state index contributed by atoms with van der Waals surface area (Å²) in [7, 11) is 2.18. The van der Waals surface area contributed by atoms with Gasteiger partial charge in [0.05, 0.1) is 35.7 Å². The fourth-order valence-corrected chi connectivity index (χ4v) is 5.94. The summed E-state index contributed by atoms with van der Waals surface area (Å²) in [5, 5.41) is 8.90. The number of amides is 1. The molecule has 0 radical (unpaired) electrons. The van der Waals surface area contributed by atoms with Crippen LogP contribution in [0.25, 0.3) is 10.9 Å². The van der Waals surface area contributed by atoms with Crippen LogP contribution >= 0.6 is 0 Å². The average molecular weight is 583 g/mol. The molecular weight excluding hydrogens is 540 g/mol. The van der Waals surface area contributed by atoms with Gasteiger partial charge in [-0.3, -0.25) is 24.4 Å². The lowest BCUT2D eigenvalue weighted by Crippen LogP contribution is -2.50. The number of rotatable bonds is 9. The maximum Gasteiger partial charge on any atom is 0.249 e. The number of allylic oxidation sites excluding steroid dienone is 1. The van der Waals surface area contributed by atoms with Gasteiger partial charge < -0.3 is 19.9 Å². The summed E-state index contributed by atoms with van der Waals surface area (Å²) < 4.78 is 8.02. The number of nitrogens with zero attached hydrogens (tertiary/aromatic N) is 7. The number of aromatic nitrogens is 3. The topological polar surface area (TPSA) is 91.1 Å². The summed E-state index contributed by atoms with van der Waals surface area (Å²) in [6, 6.07) is 10.3. The van der Waals surface area contributed by atoms with Crippen molar-refractivity contribution in [3.8, 4) is 0 Å². The van der Waals surface area contributed by atoms with Crippen molar-refractivity contribution in [1.29, 1.82) is 0 Å². The number of aryl methyl sites for hydroxylation is 1. The number of pyridine rings is 1. The molecule has 1 unspecified atom stereocenters. The van der Waals surface area contributed by atoms with E-state index < -0.39 is 6.04 Å². The van der Waals surface area contributed by atoms with E-state index in [1.54, 1.807) is 0 Å². The molecule has 1 aromatic carbocycles. The van der Waals surface area contributed by atoms with Gasteiger partial charge in [0.25, 0.3) is 0 Å². The number of piperazine rings is 1. The van der Waals surface area contributed by atoms with E-state index in [4.69, 9.17) is 9.84 Å². The minimum Gasteiger partial charge on any atom is -0.492 e. The molecule has 1 saturated heterocycles. The lowest BCUT2D eigenvalue weighted by Gasteiger charge is -2.37. The van der Waals surface area contributed by atoms with Crippen LogP contribution in [0.15, 0.2) is 65.6 Å². The molecule has 2 atom stereocenters. The fraction of sp³-hybridized carbons (Fsp3) is 0.455. The molecule has 0 saturated carbocycles. The molecule has 10 heteroatoms. The lowest BCUT2D eigenvalue weighted by molar-refractivity contribution is -0.118. The van der Waals surface area contributed by atoms with Crippen LogP contribution in [0.5, 0.6) is 0 Å². The first-order valence-electron chi connectivity index (χ1n) is 15.3. The quantitative estimate of drug-likeness (QED) is 0.408. The number of hydrogen-bond donors (Lipinski definition) is 1. The van der Waals surface area contributed by atoms with Crippen LogP contribution < -0.4 is 5.32 Å². The second-order valence-corrected chi connectivity index (χ2v) is 12.1. The van der Waals surface area contributed by atoms with Crippen molar-refractivity contribution >= 4 is 28.3 Å². The van der Waals surface area contributed by atoms with Gasteiger partial charge in [0, 0.05) is 56.1 Å². The molecule has 3 aliphatic rings. The number of carbonyl (C=O) groups is 1. The number of hydrogen-bond acceptors (Lipinski definition) is 8. The third-order valence-corrected chi connectivity index (χ3v) is 8.76. The molecular formula is C33H42N8O2. The predicted molar refractivity (Wildman–Crippen MR) is 170 cm³/mol. The number of anilines is 1. The van der Waals surface area contributed by atoms with E-state index in [0.717, 1.165) is 65.8 Å². The largest absolute Gasteiger partial charge is 0.492 e. The molecule has 3 aromatic rings. The monoisotopic (exact) mass is 582 g/mol. The summed E-state index contributed by atoms with van der Waals surface area (Å²) in [4.78, 5) is 29.6. The van der Waals surface area contributed by atoms with Crippen LogP contribution in [0.3, 0.4) is 0 Å². The third kappa shape index (κ3) is 6.21. The van der Waals surface area contributed by atoms with Crippen molar-refractivity contribution in [3.05, 3.63) is 77.6 Å². The van der Waals surface area contributed by atoms with Crippen molar-refractivity contribution < 1.29 is 9.53 Å². The van der Waals surface area contributed by atoms with Gasteiger partial charge in [0.1, 0.15) is 24.2 Å². The van der Waals surface area contributed by atoms with Crippen molar-refractivity contribution in [2.45, 2.75) is 52.2 Å². The Balaban J connectivity index is 1.08. The van der Waals surface area contributed by atoms with Crippen LogP contribution in [0.1, 0.15) is 43.6 Å². The first kappa shape index (κ1) is 29.1. The zero-order chi connectivity index (χ0) is 30.1. The van der Waals surface area contributed by atoms with Crippen LogP contribution in [-0.4, -0.2) is 99.7 Å². The van der Waals surface area contributed by atoms with Gasteiger partial charge in [-0.2, -0.15) is 5.10 Å². The third-order valence-electron chi connectivity index (χ3n) is 8.76. The summed E-state index contributed by atoms with van der Waals surface area (Å²) in [6.07, 6.45) is 7.70. The first-order chi connectivity index (χ1) is 20.8. The molecule has 1 amide bonds. The number of benzene rings is 1. The molecule has 2 aromatic heterocycles. The highest BCUT2D eigenvalue weighted by Gasteiger charge is 2.33. The molecule has 1 N–H and O–H groups in total. The van der Waals surface area contributed by atoms with Crippen LogP contribution in [-0.2, 0) is 16.1 Å². The summed E-state index contributed by atoms with van der Waals surface area (Å²) in [6.45, 7) is 14.2. The van der Waals surface area contributed by atoms with Crippen LogP contribution in [0.2, 0.25) is 0 Å². The summed E-state index contributed by atoms with van der Waals surface area (Å²) >= 11 is 0. The molecule has 0 bridgehead atoms. The second-order valence-electron chi connectivity index (χ2n) is 12.1. The molecule has 1 fully saturated rings. The van der Waals surface area contributed by atoms with Crippen molar-refractivity contribution in [1.82, 2.24) is 29.5 Å². The Hall–Kier alpha value is -4.02. The predicted octanol–water partition coefficient (Wildman–Crippen LogP) is 4.00. The van der Waals surface area contributed by atoms with Gasteiger partial charge in [-0.15, -0.1) is 0 Å². The number of ether oxygens (including phenoxy) is 1. The molecule has 0 spiro atoms. The summed E-state index contributed by atoms with van der Waals surface area (Å²) in [5.74, 6) is 1.87. The van der Waals surface area contributed by atoms with Gasteiger partial charge in [-0.25, -0.2) is 0 Å². The maximum atomic E-state index is 13.5. The van der Waals surface area contributed by atoms with E-state index in [1.807, 2.05) is 59.3 Å². The number of carbonyl (C=O) groups excluding carboxylic acids is 1. The van der Waals surface area contributed by atoms with Gasteiger partial charge in [0.15, 0.2) is 0 Å². The standard InChI is InChI=1S/C33H42N8O2/c1-22(2)25-9-10-26(34-18-25)21-41-29-8-6-7-28(32(29)24(4)37-41)36-33(42)30-19-35-31-17-27(11-12-40(30)31)43-16-15-39-14-13-38(5)23(3)20-39/h6-12,17-18,22-23,30H,13-16,19-21H2,1-5H3,(H,36,42)/t23-,30?/m0/s1. The van der Waals surface area contributed by atoms with Crippen molar-refractivity contribution in [2.24, 2.45) is 4.99 Å². The highest BCUT2D eigenvalue weighted by molar-refractivity contribution is 6.07. The number of fused-ring (bicyclic) bond motifs is 2. The zero-order valence-corrected chi connectivity index (χ0v) is 25.8. The van der Waals surface area contributed by atoms with Gasteiger partial charge in [-0.05, 0) is 56.7 Å². The molecule has 226 valence electrons. The van der Waals surface area contributed by atoms with Gasteiger partial charge in [0.2, 0.25) is 5.91 Å². The van der Waals surface area contributed by atoms with E-state index in [0.29, 0.717) is 31.7 Å². The molecule has 3 aliphatic heterocycles. The number of nitrogens with one attached hydrogen (secondary N) is 1. The van der Waals surface area contributed by atoms with Gasteiger partial charge >= 0.3 is 0 Å². The number of likely N-dealkylation sites (N-methyl/N-ethyl adjacent to an activating group) is 1. The zero-order valence-electron chi connectivity index (χ0n) is 25.8. The Labute approximate surface area is 253 Å². The van der Waals surface area contributed by atoms with Gasteiger partial charge in [-0.1, -0.05) is 26.0 Å². The van der Waals surface area contributed by atoms with E-state index in [1.165, 1.54) is 5.56 Å². The number of aliphatic imine (C=N–C) groups is 1. The highest BCUT2D eigenvalue weighted by atomic mass is 16.5. The first-order valence-corrected chi connectivity index (χ1v) is 15.3. The number of amidine groups is 1. The normalized spacial score (nSPS) is 20.8. The van der Waals surface area contributed by atoms with E-state index >= 15 is 0 Å². The Bertz CT molecular complexity index is 1570. The molecule has 0 aliphatic carbocycles. The minimum absolute atomic E-state index is 0.101. The molecule has 10 nitrogen and oxygen atoms in total. The summed E-state index contributed by atoms with van der Waals surface area (Å²) in [5.41, 5.74) is 4.74. The average Bonchev–Trinajstić information content (AvgIpc) is 3.56. The lowest BCUT2D eigenvalue weighted by atomic mass is 10.1. The van der Waals surface area contributed by atoms with Crippen molar-refractivity contribution in [3.63, 3.8) is 0 Å². The Morgan fingerprint density at radius 3 is 2.81 bits per heavy atom. The van der Waals surface area contributed by atoms with Crippen LogP contribution in [0, 0.1) is 6.92 Å². The molecule has 6 rings (SSSR count). The fourth-order valence-electron chi connectivity index (χ4n) is 5.94. The van der Waals surface area contributed by atoms with E-state index in [2.05, 4.69) is 65.0 Å². The second kappa shape index (κ2) is 12.3. The Morgan fingerprint density at radius 2 is 2.05 bits per heavy atom. The van der Waals surface area contributed by atoms with Crippen molar-refractivity contribution in [2.75, 3.05) is 51.7 Å². The molecule has 5 heterocycles. The Morgan fingerprint density at radius 1 is 1.19 bits per heavy atom. The van der Waals surface area contributed by atoms with Crippen LogP contribution in [0.4, 0.5) is 5.69 Å². The highest BCUT2D eigenvalue weighted by Crippen LogP contribution is 2.29.